The smallest absolute Gasteiger partial charge is 0.235 e. The highest BCUT2D eigenvalue weighted by molar-refractivity contribution is 7.93. The van der Waals surface area contributed by atoms with Gasteiger partial charge in [-0.1, -0.05) is 35.9 Å². The van der Waals surface area contributed by atoms with E-state index in [-0.39, 0.29) is 4.90 Å². The zero-order valence-corrected chi connectivity index (χ0v) is 14.4. The molecular weight excluding hydrogens is 332 g/mol. The van der Waals surface area contributed by atoms with Crippen LogP contribution in [0.3, 0.4) is 0 Å². The zero-order valence-electron chi connectivity index (χ0n) is 13.6. The van der Waals surface area contributed by atoms with Gasteiger partial charge in [0.05, 0.1) is 27.9 Å². The Morgan fingerprint density at radius 2 is 1.36 bits per heavy atom. The molecular formula is C20H16N2O2S. The summed E-state index contributed by atoms with van der Waals surface area (Å²) in [5.74, 6) is 0. The van der Waals surface area contributed by atoms with Crippen LogP contribution in [0, 0.1) is 18.3 Å². The molecule has 0 saturated carbocycles. The summed E-state index contributed by atoms with van der Waals surface area (Å²) in [5.41, 5.74) is 2.48. The van der Waals surface area contributed by atoms with Crippen LogP contribution in [-0.4, -0.2) is 8.42 Å². The second-order valence-corrected chi connectivity index (χ2v) is 7.36. The minimum Gasteiger partial charge on any atom is -0.235 e. The second kappa shape index (κ2) is 6.80. The molecule has 124 valence electrons. The maximum Gasteiger partial charge on any atom is 0.268 e. The molecule has 0 fully saturated rings. The third kappa shape index (κ3) is 3.39. The van der Waals surface area contributed by atoms with Crippen molar-refractivity contribution in [2.75, 3.05) is 4.31 Å². The molecule has 0 aliphatic rings. The molecule has 3 aromatic carbocycles. The minimum atomic E-state index is -3.79. The van der Waals surface area contributed by atoms with E-state index >= 15 is 0 Å². The summed E-state index contributed by atoms with van der Waals surface area (Å²) in [6, 6.07) is 24.2. The van der Waals surface area contributed by atoms with Gasteiger partial charge in [0.1, 0.15) is 0 Å². The number of hydrogen-bond donors (Lipinski definition) is 0. The molecule has 5 heteroatoms. The van der Waals surface area contributed by atoms with Crippen molar-refractivity contribution in [2.24, 2.45) is 0 Å². The first-order chi connectivity index (χ1) is 12.0. The molecule has 0 saturated heterocycles. The van der Waals surface area contributed by atoms with Gasteiger partial charge in [-0.2, -0.15) is 5.26 Å². The predicted octanol–water partition coefficient (Wildman–Crippen LogP) is 4.39. The van der Waals surface area contributed by atoms with E-state index in [9.17, 15) is 8.42 Å². The summed E-state index contributed by atoms with van der Waals surface area (Å²) in [4.78, 5) is 0.214. The maximum absolute atomic E-state index is 13.3. The number of benzene rings is 3. The van der Waals surface area contributed by atoms with E-state index in [1.807, 2.05) is 19.1 Å². The Balaban J connectivity index is 2.17. The molecule has 0 heterocycles. The van der Waals surface area contributed by atoms with Crippen LogP contribution in [0.4, 0.5) is 11.4 Å². The summed E-state index contributed by atoms with van der Waals surface area (Å²) < 4.78 is 27.8. The summed E-state index contributed by atoms with van der Waals surface area (Å²) in [5, 5.41) is 8.97. The molecule has 0 aromatic heterocycles. The minimum absolute atomic E-state index is 0.214. The van der Waals surface area contributed by atoms with Gasteiger partial charge in [-0.15, -0.1) is 0 Å². The van der Waals surface area contributed by atoms with Crippen LogP contribution in [-0.2, 0) is 10.0 Å². The number of sulfonamides is 1. The van der Waals surface area contributed by atoms with Crippen molar-refractivity contribution in [1.82, 2.24) is 0 Å². The van der Waals surface area contributed by atoms with Crippen LogP contribution >= 0.6 is 0 Å². The van der Waals surface area contributed by atoms with Crippen LogP contribution in [0.25, 0.3) is 0 Å². The Morgan fingerprint density at radius 1 is 0.800 bits per heavy atom. The molecule has 0 atom stereocenters. The second-order valence-electron chi connectivity index (χ2n) is 5.58. The molecule has 0 unspecified atom stereocenters. The SMILES string of the molecule is Cc1ccc(S(=O)(=O)N(c2ccccc2)c2ccc(C#N)cc2)cc1. The fourth-order valence-corrected chi connectivity index (χ4v) is 3.97. The van der Waals surface area contributed by atoms with Gasteiger partial charge in [-0.05, 0) is 55.5 Å². The highest BCUT2D eigenvalue weighted by Crippen LogP contribution is 2.32. The van der Waals surface area contributed by atoms with Gasteiger partial charge in [-0.25, -0.2) is 12.7 Å². The van der Waals surface area contributed by atoms with Crippen molar-refractivity contribution in [3.05, 3.63) is 90.0 Å². The normalized spacial score (nSPS) is 10.9. The van der Waals surface area contributed by atoms with Crippen molar-refractivity contribution in [2.45, 2.75) is 11.8 Å². The fourth-order valence-electron chi connectivity index (χ4n) is 2.48. The molecule has 0 aliphatic carbocycles. The molecule has 0 N–H and O–H groups in total. The Labute approximate surface area is 147 Å². The largest absolute Gasteiger partial charge is 0.268 e. The van der Waals surface area contributed by atoms with Crippen molar-refractivity contribution in [3.8, 4) is 6.07 Å². The van der Waals surface area contributed by atoms with Crippen molar-refractivity contribution in [3.63, 3.8) is 0 Å². The number of para-hydroxylation sites is 1. The van der Waals surface area contributed by atoms with E-state index in [0.717, 1.165) is 5.56 Å². The maximum atomic E-state index is 13.3. The number of anilines is 2. The van der Waals surface area contributed by atoms with Gasteiger partial charge < -0.3 is 0 Å². The lowest BCUT2D eigenvalue weighted by Crippen LogP contribution is -2.26. The highest BCUT2D eigenvalue weighted by atomic mass is 32.2. The van der Waals surface area contributed by atoms with E-state index in [0.29, 0.717) is 16.9 Å². The third-order valence-corrected chi connectivity index (χ3v) is 5.55. The molecule has 4 nitrogen and oxygen atoms in total. The van der Waals surface area contributed by atoms with Crippen LogP contribution < -0.4 is 4.31 Å². The molecule has 3 rings (SSSR count). The molecule has 0 bridgehead atoms. The van der Waals surface area contributed by atoms with Crippen LogP contribution in [0.5, 0.6) is 0 Å². The number of hydrogen-bond acceptors (Lipinski definition) is 3. The number of nitriles is 1. The molecule has 0 aliphatic heterocycles. The van der Waals surface area contributed by atoms with Crippen LogP contribution in [0.1, 0.15) is 11.1 Å². The van der Waals surface area contributed by atoms with Gasteiger partial charge in [-0.3, -0.25) is 0 Å². The molecule has 3 aromatic rings. The summed E-state index contributed by atoms with van der Waals surface area (Å²) in [6.45, 7) is 1.91. The lowest BCUT2D eigenvalue weighted by Gasteiger charge is -2.24. The molecule has 0 amide bonds. The number of nitrogens with zero attached hydrogens (tertiary/aromatic N) is 2. The van der Waals surface area contributed by atoms with Gasteiger partial charge in [0.2, 0.25) is 0 Å². The molecule has 0 radical (unpaired) electrons. The fraction of sp³-hybridized carbons (Fsp3) is 0.0500. The summed E-state index contributed by atoms with van der Waals surface area (Å²) in [7, 11) is -3.79. The topological polar surface area (TPSA) is 61.2 Å². The summed E-state index contributed by atoms with van der Waals surface area (Å²) in [6.07, 6.45) is 0. The highest BCUT2D eigenvalue weighted by Gasteiger charge is 2.26. The Kier molecular flexibility index (Phi) is 4.55. The Hall–Kier alpha value is -3.10. The Bertz CT molecular complexity index is 1000. The van der Waals surface area contributed by atoms with Crippen LogP contribution in [0.15, 0.2) is 83.8 Å². The van der Waals surface area contributed by atoms with Gasteiger partial charge in [0, 0.05) is 0 Å². The van der Waals surface area contributed by atoms with E-state index in [1.165, 1.54) is 4.31 Å². The van der Waals surface area contributed by atoms with Crippen molar-refractivity contribution < 1.29 is 8.42 Å². The van der Waals surface area contributed by atoms with Gasteiger partial charge >= 0.3 is 0 Å². The van der Waals surface area contributed by atoms with Crippen LogP contribution in [0.2, 0.25) is 0 Å². The average molecular weight is 348 g/mol. The quantitative estimate of drug-likeness (QED) is 0.702. The zero-order chi connectivity index (χ0) is 17.9. The average Bonchev–Trinajstić information content (AvgIpc) is 2.63. The lowest BCUT2D eigenvalue weighted by atomic mass is 10.2. The number of aryl methyl sites for hydroxylation is 1. The van der Waals surface area contributed by atoms with Crippen molar-refractivity contribution >= 4 is 21.4 Å². The van der Waals surface area contributed by atoms with Gasteiger partial charge in [0.15, 0.2) is 0 Å². The standard InChI is InChI=1S/C20H16N2O2S/c1-16-7-13-20(14-8-16)25(23,24)22(18-5-3-2-4-6-18)19-11-9-17(15-21)10-12-19/h2-14H,1H3. The van der Waals surface area contributed by atoms with E-state index in [2.05, 4.69) is 0 Å². The number of rotatable bonds is 4. The first-order valence-electron chi connectivity index (χ1n) is 7.69. The lowest BCUT2D eigenvalue weighted by molar-refractivity contribution is 0.596. The molecule has 0 spiro atoms. The first-order valence-corrected chi connectivity index (χ1v) is 9.13. The van der Waals surface area contributed by atoms with E-state index in [1.54, 1.807) is 72.8 Å². The first kappa shape index (κ1) is 16.7. The monoisotopic (exact) mass is 348 g/mol. The predicted molar refractivity (Wildman–Crippen MR) is 98.1 cm³/mol. The third-order valence-electron chi connectivity index (χ3n) is 3.78. The summed E-state index contributed by atoms with van der Waals surface area (Å²) >= 11 is 0. The van der Waals surface area contributed by atoms with E-state index < -0.39 is 10.0 Å². The Morgan fingerprint density at radius 3 is 1.92 bits per heavy atom. The molecule has 25 heavy (non-hydrogen) atoms. The van der Waals surface area contributed by atoms with Crippen molar-refractivity contribution in [1.29, 1.82) is 5.26 Å². The van der Waals surface area contributed by atoms with E-state index in [4.69, 9.17) is 5.26 Å². The van der Waals surface area contributed by atoms with Gasteiger partial charge in [0.25, 0.3) is 10.0 Å².